The summed E-state index contributed by atoms with van der Waals surface area (Å²) >= 11 is 0. The van der Waals surface area contributed by atoms with Crippen LogP contribution in [0.4, 0.5) is 0 Å². The van der Waals surface area contributed by atoms with Crippen molar-refractivity contribution in [2.45, 2.75) is 25.4 Å². The second-order valence-electron chi connectivity index (χ2n) is 7.31. The Morgan fingerprint density at radius 1 is 1.11 bits per heavy atom. The monoisotopic (exact) mass is 365 g/mol. The number of amides is 2. The first kappa shape index (κ1) is 19.1. The third-order valence-corrected chi connectivity index (χ3v) is 4.82. The zero-order chi connectivity index (χ0) is 19.2. The van der Waals surface area contributed by atoms with Crippen molar-refractivity contribution in [1.29, 1.82) is 0 Å². The number of carbonyl (C=O) groups excluding carboxylic acids is 2. The van der Waals surface area contributed by atoms with Gasteiger partial charge in [0.2, 0.25) is 5.91 Å². The van der Waals surface area contributed by atoms with E-state index in [1.807, 2.05) is 73.6 Å². The van der Waals surface area contributed by atoms with Crippen molar-refractivity contribution in [3.05, 3.63) is 71.3 Å². The molecule has 1 aliphatic heterocycles. The van der Waals surface area contributed by atoms with Crippen LogP contribution in [0.2, 0.25) is 0 Å². The number of benzene rings is 2. The van der Waals surface area contributed by atoms with Gasteiger partial charge in [0, 0.05) is 31.6 Å². The molecule has 1 heterocycles. The van der Waals surface area contributed by atoms with Crippen molar-refractivity contribution in [3.63, 3.8) is 0 Å². The third kappa shape index (κ3) is 5.17. The number of nitrogens with one attached hydrogen (secondary N) is 1. The summed E-state index contributed by atoms with van der Waals surface area (Å²) in [4.78, 5) is 28.4. The molecule has 142 valence electrons. The molecule has 0 radical (unpaired) electrons. The Bertz CT molecular complexity index is 772. The Morgan fingerprint density at radius 3 is 2.41 bits per heavy atom. The summed E-state index contributed by atoms with van der Waals surface area (Å²) in [5.41, 5.74) is 2.77. The SMILES string of the molecule is CN(C)CC(NC(=O)c1ccc(CN2CCCC2=O)cc1)c1ccccc1. The smallest absolute Gasteiger partial charge is 0.251 e. The molecule has 0 spiro atoms. The minimum atomic E-state index is -0.0884. The number of hydrogen-bond donors (Lipinski definition) is 1. The highest BCUT2D eigenvalue weighted by molar-refractivity contribution is 5.94. The Kier molecular flexibility index (Phi) is 6.24. The molecule has 1 N–H and O–H groups in total. The molecule has 1 fully saturated rings. The zero-order valence-electron chi connectivity index (χ0n) is 16.0. The average Bonchev–Trinajstić information content (AvgIpc) is 3.07. The van der Waals surface area contributed by atoms with Crippen LogP contribution >= 0.6 is 0 Å². The number of rotatable bonds is 7. The number of hydrogen-bond acceptors (Lipinski definition) is 3. The van der Waals surface area contributed by atoms with E-state index >= 15 is 0 Å². The first-order valence-corrected chi connectivity index (χ1v) is 9.40. The lowest BCUT2D eigenvalue weighted by Gasteiger charge is -2.23. The highest BCUT2D eigenvalue weighted by atomic mass is 16.2. The van der Waals surface area contributed by atoms with Crippen molar-refractivity contribution in [2.24, 2.45) is 0 Å². The molecule has 0 bridgehead atoms. The molecule has 1 saturated heterocycles. The van der Waals surface area contributed by atoms with Gasteiger partial charge in [0.25, 0.3) is 5.91 Å². The summed E-state index contributed by atoms with van der Waals surface area (Å²) < 4.78 is 0. The molecule has 3 rings (SSSR count). The quantitative estimate of drug-likeness (QED) is 0.821. The second-order valence-corrected chi connectivity index (χ2v) is 7.31. The third-order valence-electron chi connectivity index (χ3n) is 4.82. The molecule has 1 unspecified atom stereocenters. The fraction of sp³-hybridized carbons (Fsp3) is 0.364. The lowest BCUT2D eigenvalue weighted by atomic mass is 10.1. The van der Waals surface area contributed by atoms with E-state index in [2.05, 4.69) is 10.2 Å². The highest BCUT2D eigenvalue weighted by Gasteiger charge is 2.20. The van der Waals surface area contributed by atoms with Crippen molar-refractivity contribution in [1.82, 2.24) is 15.1 Å². The maximum Gasteiger partial charge on any atom is 0.251 e. The van der Waals surface area contributed by atoms with Gasteiger partial charge in [0.15, 0.2) is 0 Å². The lowest BCUT2D eigenvalue weighted by Crippen LogP contribution is -2.35. The predicted molar refractivity (Wildman–Crippen MR) is 106 cm³/mol. The Hall–Kier alpha value is -2.66. The van der Waals surface area contributed by atoms with Crippen LogP contribution in [0.25, 0.3) is 0 Å². The molecule has 1 atom stereocenters. The van der Waals surface area contributed by atoms with E-state index in [1.54, 1.807) is 0 Å². The number of likely N-dealkylation sites (N-methyl/N-ethyl adjacent to an activating group) is 1. The summed E-state index contributed by atoms with van der Waals surface area (Å²) in [6.45, 7) is 2.17. The van der Waals surface area contributed by atoms with Crippen molar-refractivity contribution in [3.8, 4) is 0 Å². The molecular formula is C22H27N3O2. The molecule has 2 aromatic rings. The van der Waals surface area contributed by atoms with Crippen LogP contribution < -0.4 is 5.32 Å². The van der Waals surface area contributed by atoms with Gasteiger partial charge < -0.3 is 15.1 Å². The van der Waals surface area contributed by atoms with Gasteiger partial charge >= 0.3 is 0 Å². The van der Waals surface area contributed by atoms with Gasteiger partial charge in [-0.05, 0) is 43.8 Å². The molecule has 2 amide bonds. The Labute approximate surface area is 161 Å². The predicted octanol–water partition coefficient (Wildman–Crippen LogP) is 2.84. The normalized spacial score (nSPS) is 15.2. The standard InChI is InChI=1S/C22H27N3O2/c1-24(2)16-20(18-7-4-3-5-8-18)23-22(27)19-12-10-17(11-13-19)15-25-14-6-9-21(25)26/h3-5,7-8,10-13,20H,6,9,14-16H2,1-2H3,(H,23,27). The fourth-order valence-corrected chi connectivity index (χ4v) is 3.38. The fourth-order valence-electron chi connectivity index (χ4n) is 3.38. The Morgan fingerprint density at radius 2 is 1.81 bits per heavy atom. The molecule has 0 aromatic heterocycles. The minimum Gasteiger partial charge on any atom is -0.344 e. The van der Waals surface area contributed by atoms with Crippen molar-refractivity contribution in [2.75, 3.05) is 27.2 Å². The maximum atomic E-state index is 12.7. The molecule has 5 heteroatoms. The average molecular weight is 365 g/mol. The topological polar surface area (TPSA) is 52.7 Å². The van der Waals surface area contributed by atoms with E-state index in [-0.39, 0.29) is 17.9 Å². The van der Waals surface area contributed by atoms with Gasteiger partial charge in [0.1, 0.15) is 0 Å². The van der Waals surface area contributed by atoms with E-state index in [4.69, 9.17) is 0 Å². The van der Waals surface area contributed by atoms with Crippen molar-refractivity contribution < 1.29 is 9.59 Å². The largest absolute Gasteiger partial charge is 0.344 e. The van der Waals surface area contributed by atoms with Crippen LogP contribution in [0.15, 0.2) is 54.6 Å². The van der Waals surface area contributed by atoms with Crippen molar-refractivity contribution >= 4 is 11.8 Å². The number of likely N-dealkylation sites (tertiary alicyclic amines) is 1. The van der Waals surface area contributed by atoms with Crippen LogP contribution in [-0.2, 0) is 11.3 Å². The molecule has 2 aromatic carbocycles. The second kappa shape index (κ2) is 8.82. The van der Waals surface area contributed by atoms with Gasteiger partial charge in [-0.2, -0.15) is 0 Å². The molecule has 0 aliphatic carbocycles. The van der Waals surface area contributed by atoms with E-state index in [0.29, 0.717) is 18.5 Å². The van der Waals surface area contributed by atoms with Gasteiger partial charge in [-0.15, -0.1) is 0 Å². The minimum absolute atomic E-state index is 0.0735. The van der Waals surface area contributed by atoms with Crippen LogP contribution in [0.1, 0.15) is 40.4 Å². The summed E-state index contributed by atoms with van der Waals surface area (Å²) in [5.74, 6) is 0.126. The van der Waals surface area contributed by atoms with E-state index in [1.165, 1.54) is 0 Å². The number of carbonyl (C=O) groups is 2. The summed E-state index contributed by atoms with van der Waals surface area (Å²) in [6.07, 6.45) is 1.58. The molecule has 1 aliphatic rings. The van der Waals surface area contributed by atoms with Gasteiger partial charge in [-0.25, -0.2) is 0 Å². The zero-order valence-corrected chi connectivity index (χ0v) is 16.0. The van der Waals surface area contributed by atoms with Gasteiger partial charge in [0.05, 0.1) is 6.04 Å². The first-order chi connectivity index (χ1) is 13.0. The van der Waals surface area contributed by atoms with Crippen LogP contribution in [0, 0.1) is 0 Å². The van der Waals surface area contributed by atoms with E-state index < -0.39 is 0 Å². The van der Waals surface area contributed by atoms with Crippen LogP contribution in [0.3, 0.4) is 0 Å². The first-order valence-electron chi connectivity index (χ1n) is 9.40. The summed E-state index contributed by atoms with van der Waals surface area (Å²) in [6, 6.07) is 17.5. The van der Waals surface area contributed by atoms with Gasteiger partial charge in [-0.3, -0.25) is 9.59 Å². The molecule has 27 heavy (non-hydrogen) atoms. The van der Waals surface area contributed by atoms with Crippen LogP contribution in [0.5, 0.6) is 0 Å². The van der Waals surface area contributed by atoms with E-state index in [9.17, 15) is 9.59 Å². The maximum absolute atomic E-state index is 12.7. The summed E-state index contributed by atoms with van der Waals surface area (Å²) in [7, 11) is 3.99. The summed E-state index contributed by atoms with van der Waals surface area (Å²) in [5, 5.41) is 3.14. The van der Waals surface area contributed by atoms with Gasteiger partial charge in [-0.1, -0.05) is 42.5 Å². The lowest BCUT2D eigenvalue weighted by molar-refractivity contribution is -0.128. The highest BCUT2D eigenvalue weighted by Crippen LogP contribution is 2.17. The molecular weight excluding hydrogens is 338 g/mol. The molecule has 5 nitrogen and oxygen atoms in total. The van der Waals surface area contributed by atoms with Crippen LogP contribution in [-0.4, -0.2) is 48.8 Å². The molecule has 0 saturated carbocycles. The Balaban J connectivity index is 1.66. The number of nitrogens with zero attached hydrogens (tertiary/aromatic N) is 2. The van der Waals surface area contributed by atoms with E-state index in [0.717, 1.165) is 30.6 Å².